The summed E-state index contributed by atoms with van der Waals surface area (Å²) < 4.78 is 8.31. The van der Waals surface area contributed by atoms with E-state index in [0.717, 1.165) is 36.1 Å². The van der Waals surface area contributed by atoms with Crippen LogP contribution in [0.25, 0.3) is 27.5 Å². The molecule has 0 fully saturated rings. The van der Waals surface area contributed by atoms with Crippen molar-refractivity contribution in [2.45, 2.75) is 53.9 Å². The summed E-state index contributed by atoms with van der Waals surface area (Å²) >= 11 is 0. The molecule has 3 nitrogen and oxygen atoms in total. The van der Waals surface area contributed by atoms with Gasteiger partial charge in [-0.05, 0) is 56.0 Å². The Bertz CT molecular complexity index is 1390. The van der Waals surface area contributed by atoms with Crippen molar-refractivity contribution in [1.82, 2.24) is 9.88 Å². The third kappa shape index (κ3) is 6.09. The quantitative estimate of drug-likeness (QED) is 0.279. The first kappa shape index (κ1) is 26.9. The van der Waals surface area contributed by atoms with Gasteiger partial charge < -0.3 is 14.3 Å². The number of furan rings is 1. The maximum absolute atomic E-state index is 6.14. The second-order valence-corrected chi connectivity index (χ2v) is 8.34. The fourth-order valence-electron chi connectivity index (χ4n) is 4.43. The molecule has 1 N–H and O–H groups in total. The number of allylic oxidation sites excluding steroid dienone is 8. The molecule has 2 aromatic carbocycles. The number of hydrogen-bond donors (Lipinski definition) is 1. The summed E-state index contributed by atoms with van der Waals surface area (Å²) in [6.45, 7) is 10.1. The Morgan fingerprint density at radius 1 is 0.972 bits per heavy atom. The average Bonchev–Trinajstić information content (AvgIpc) is 3.53. The van der Waals surface area contributed by atoms with Gasteiger partial charge in [-0.15, -0.1) is 0 Å². The van der Waals surface area contributed by atoms with E-state index in [1.54, 1.807) is 0 Å². The van der Waals surface area contributed by atoms with Crippen molar-refractivity contribution in [3.05, 3.63) is 114 Å². The van der Waals surface area contributed by atoms with E-state index >= 15 is 0 Å². The summed E-state index contributed by atoms with van der Waals surface area (Å²) in [7, 11) is 2.09. The van der Waals surface area contributed by atoms with Crippen molar-refractivity contribution in [2.75, 3.05) is 0 Å². The van der Waals surface area contributed by atoms with Crippen LogP contribution in [0.5, 0.6) is 0 Å². The lowest BCUT2D eigenvalue weighted by Gasteiger charge is -2.19. The molecule has 0 radical (unpaired) electrons. The zero-order valence-electron chi connectivity index (χ0n) is 22.6. The Hall–Kier alpha value is -3.72. The molecule has 0 saturated heterocycles. The van der Waals surface area contributed by atoms with Gasteiger partial charge >= 0.3 is 0 Å². The van der Waals surface area contributed by atoms with Crippen LogP contribution in [0.15, 0.2) is 107 Å². The average molecular weight is 481 g/mol. The summed E-state index contributed by atoms with van der Waals surface area (Å²) in [4.78, 5) is 0. The Balaban J connectivity index is 0.000000861. The smallest absolute Gasteiger partial charge is 0.138 e. The Morgan fingerprint density at radius 3 is 2.53 bits per heavy atom. The van der Waals surface area contributed by atoms with Crippen LogP contribution in [0.3, 0.4) is 0 Å². The number of fused-ring (bicyclic) bond motifs is 3. The van der Waals surface area contributed by atoms with Gasteiger partial charge in [-0.1, -0.05) is 88.4 Å². The number of benzene rings is 2. The van der Waals surface area contributed by atoms with Gasteiger partial charge in [-0.2, -0.15) is 0 Å². The van der Waals surface area contributed by atoms with Gasteiger partial charge in [0.1, 0.15) is 11.2 Å². The van der Waals surface area contributed by atoms with Crippen LogP contribution < -0.4 is 5.32 Å². The van der Waals surface area contributed by atoms with Crippen molar-refractivity contribution >= 4 is 27.5 Å². The maximum Gasteiger partial charge on any atom is 0.138 e. The molecule has 0 aliphatic heterocycles. The summed E-state index contributed by atoms with van der Waals surface area (Å²) in [6.07, 6.45) is 16.0. The van der Waals surface area contributed by atoms with E-state index in [-0.39, 0.29) is 0 Å². The van der Waals surface area contributed by atoms with Crippen molar-refractivity contribution in [2.24, 2.45) is 7.05 Å². The summed E-state index contributed by atoms with van der Waals surface area (Å²) in [5, 5.41) is 6.00. The molecule has 0 amide bonds. The molecule has 0 spiro atoms. The molecule has 0 bridgehead atoms. The lowest BCUT2D eigenvalue weighted by atomic mass is 10.00. The molecular weight excluding hydrogens is 440 g/mol. The highest BCUT2D eigenvalue weighted by Crippen LogP contribution is 2.31. The zero-order valence-corrected chi connectivity index (χ0v) is 22.6. The van der Waals surface area contributed by atoms with Crippen molar-refractivity contribution < 1.29 is 4.42 Å². The zero-order chi connectivity index (χ0) is 25.9. The number of rotatable bonds is 6. The molecule has 5 rings (SSSR count). The van der Waals surface area contributed by atoms with Gasteiger partial charge in [0, 0.05) is 46.7 Å². The van der Waals surface area contributed by atoms with E-state index in [1.807, 2.05) is 39.8 Å². The third-order valence-electron chi connectivity index (χ3n) is 6.04. The van der Waals surface area contributed by atoms with Crippen molar-refractivity contribution in [1.29, 1.82) is 0 Å². The first-order valence-electron chi connectivity index (χ1n) is 13.2. The predicted molar refractivity (Wildman–Crippen MR) is 157 cm³/mol. The van der Waals surface area contributed by atoms with Gasteiger partial charge in [-0.25, -0.2) is 0 Å². The van der Waals surface area contributed by atoms with Gasteiger partial charge in [0.25, 0.3) is 0 Å². The number of nitrogens with zero attached hydrogens (tertiary/aromatic N) is 1. The van der Waals surface area contributed by atoms with E-state index < -0.39 is 0 Å². The molecule has 4 aromatic rings. The Morgan fingerprint density at radius 2 is 1.75 bits per heavy atom. The van der Waals surface area contributed by atoms with Crippen LogP contribution >= 0.6 is 0 Å². The summed E-state index contributed by atoms with van der Waals surface area (Å²) in [5.74, 6) is 0. The Labute approximate surface area is 216 Å². The van der Waals surface area contributed by atoms with E-state index in [4.69, 9.17) is 4.42 Å². The standard InChI is InChI=1S/C29H28N2O.2C2H6/c1-21(30-26-17-7-5-15-25(26)27-18-10-20-31(27)2)11-3-4-12-22-13-9-16-24-23-14-6-8-19-28(23)32-29(22)24;2*1-2/h3-6,8-11,13-16,18-20,30H,7,12,17H2,1-2H3;2*1-2H3/b4-3-,21-11-;;. The second kappa shape index (κ2) is 13.4. The summed E-state index contributed by atoms with van der Waals surface area (Å²) in [6, 6.07) is 18.9. The highest BCUT2D eigenvalue weighted by atomic mass is 16.3. The SMILES string of the molecule is C/C(=C/C=C\Cc1cccc2c1oc1ccccc12)NC1=C(c2cccn2C)C=CCC1.CC.CC. The number of hydrogen-bond acceptors (Lipinski definition) is 2. The van der Waals surface area contributed by atoms with Crippen LogP contribution in [-0.2, 0) is 13.5 Å². The fraction of sp³-hybridized carbons (Fsp3) is 0.273. The maximum atomic E-state index is 6.14. The Kier molecular flexibility index (Phi) is 10.00. The number of aryl methyl sites for hydroxylation is 1. The van der Waals surface area contributed by atoms with Crippen molar-refractivity contribution in [3.8, 4) is 0 Å². The monoisotopic (exact) mass is 480 g/mol. The molecule has 0 atom stereocenters. The lowest BCUT2D eigenvalue weighted by molar-refractivity contribution is 0.664. The molecule has 36 heavy (non-hydrogen) atoms. The number of aromatic nitrogens is 1. The lowest BCUT2D eigenvalue weighted by Crippen LogP contribution is -2.14. The second-order valence-electron chi connectivity index (χ2n) is 8.34. The minimum absolute atomic E-state index is 0.834. The first-order chi connectivity index (χ1) is 17.7. The fourth-order valence-corrected chi connectivity index (χ4v) is 4.43. The van der Waals surface area contributed by atoms with Crippen LogP contribution in [0.2, 0.25) is 0 Å². The van der Waals surface area contributed by atoms with Crippen LogP contribution in [0.4, 0.5) is 0 Å². The van der Waals surface area contributed by atoms with Gasteiger partial charge in [-0.3, -0.25) is 0 Å². The molecule has 0 saturated carbocycles. The minimum atomic E-state index is 0.834. The molecule has 2 aromatic heterocycles. The summed E-state index contributed by atoms with van der Waals surface area (Å²) in [5.41, 5.74) is 8.08. The highest BCUT2D eigenvalue weighted by molar-refractivity contribution is 6.05. The molecule has 0 unspecified atom stereocenters. The van der Waals surface area contributed by atoms with Crippen LogP contribution in [0, 0.1) is 0 Å². The van der Waals surface area contributed by atoms with Crippen LogP contribution in [0.1, 0.15) is 58.7 Å². The number of para-hydroxylation sites is 2. The van der Waals surface area contributed by atoms with Crippen LogP contribution in [-0.4, -0.2) is 4.57 Å². The highest BCUT2D eigenvalue weighted by Gasteiger charge is 2.13. The van der Waals surface area contributed by atoms with Crippen molar-refractivity contribution in [3.63, 3.8) is 0 Å². The number of nitrogens with one attached hydrogen (secondary N) is 1. The molecular formula is C33H40N2O. The van der Waals surface area contributed by atoms with E-state index in [9.17, 15) is 0 Å². The normalized spacial score (nSPS) is 13.6. The van der Waals surface area contributed by atoms with E-state index in [0.29, 0.717) is 0 Å². The molecule has 1 aliphatic rings. The topological polar surface area (TPSA) is 30.1 Å². The third-order valence-corrected chi connectivity index (χ3v) is 6.04. The minimum Gasteiger partial charge on any atom is -0.456 e. The van der Waals surface area contributed by atoms with Gasteiger partial charge in [0.2, 0.25) is 0 Å². The molecule has 188 valence electrons. The first-order valence-corrected chi connectivity index (χ1v) is 13.2. The van der Waals surface area contributed by atoms with Gasteiger partial charge in [0.05, 0.1) is 0 Å². The predicted octanol–water partition coefficient (Wildman–Crippen LogP) is 9.33. The molecule has 3 heteroatoms. The van der Waals surface area contributed by atoms with E-state index in [2.05, 4.69) is 103 Å². The molecule has 2 heterocycles. The molecule has 1 aliphatic carbocycles. The van der Waals surface area contributed by atoms with Gasteiger partial charge in [0.15, 0.2) is 0 Å². The largest absolute Gasteiger partial charge is 0.456 e. The van der Waals surface area contributed by atoms with E-state index in [1.165, 1.54) is 33.3 Å².